The lowest BCUT2D eigenvalue weighted by atomic mass is 10.1. The Hall–Kier alpha value is -0.763. The van der Waals surface area contributed by atoms with Crippen LogP contribution in [0.4, 0.5) is 0 Å². The molecule has 0 amide bonds. The summed E-state index contributed by atoms with van der Waals surface area (Å²) in [6, 6.07) is 17.1. The van der Waals surface area contributed by atoms with E-state index < -0.39 is 6.69 Å². The average molecular weight is 365 g/mol. The first kappa shape index (κ1) is 18.6. The zero-order chi connectivity index (χ0) is 16.7. The number of benzene rings is 2. The summed E-state index contributed by atoms with van der Waals surface area (Å²) in [6.45, 7) is 1.81. The van der Waals surface area contributed by atoms with E-state index in [0.29, 0.717) is 0 Å². The maximum absolute atomic E-state index is 6.80. The third-order valence-electron chi connectivity index (χ3n) is 4.27. The lowest BCUT2D eigenvalue weighted by molar-refractivity contribution is 0.795. The zero-order valence-corrected chi connectivity index (χ0v) is 16.6. The van der Waals surface area contributed by atoms with Crippen molar-refractivity contribution in [3.63, 3.8) is 0 Å². The molecular weight excluding hydrogens is 339 g/mol. The predicted molar refractivity (Wildman–Crippen MR) is 107 cm³/mol. The van der Waals surface area contributed by atoms with E-state index in [2.05, 4.69) is 62.4 Å². The Morgan fingerprint density at radius 2 is 1.00 bits per heavy atom. The van der Waals surface area contributed by atoms with E-state index in [0.717, 1.165) is 23.2 Å². The van der Waals surface area contributed by atoms with Gasteiger partial charge in [-0.2, -0.15) is 0 Å². The molecule has 0 fully saturated rings. The lowest BCUT2D eigenvalue weighted by Crippen LogP contribution is -2.48. The van der Waals surface area contributed by atoms with Gasteiger partial charge >= 0.3 is 6.69 Å². The molecule has 0 aliphatic rings. The van der Waals surface area contributed by atoms with E-state index in [4.69, 9.17) is 22.2 Å². The van der Waals surface area contributed by atoms with Gasteiger partial charge in [-0.1, -0.05) is 75.2 Å². The topological polar surface area (TPSA) is 0 Å². The van der Waals surface area contributed by atoms with E-state index in [1.165, 1.54) is 36.8 Å². The Morgan fingerprint density at radius 3 is 1.30 bits per heavy atom. The van der Waals surface area contributed by atoms with E-state index in [-0.39, 0.29) is 0 Å². The molecule has 0 N–H and O–H groups in total. The molecule has 0 aromatic heterocycles. The molecule has 0 radical (unpaired) electrons. The van der Waals surface area contributed by atoms with Crippen molar-refractivity contribution < 1.29 is 0 Å². The fourth-order valence-corrected chi connectivity index (χ4v) is 5.71. The molecule has 0 nitrogen and oxygen atoms in total. The van der Waals surface area contributed by atoms with Gasteiger partial charge in [-0.25, -0.2) is 0 Å². The molecule has 3 heteroatoms. The summed E-state index contributed by atoms with van der Waals surface area (Å²) in [5, 5.41) is 2.14. The first-order valence-corrected chi connectivity index (χ1v) is 12.7. The van der Waals surface area contributed by atoms with Gasteiger partial charge in [0, 0.05) is 0 Å². The van der Waals surface area contributed by atoms with Crippen LogP contribution in [-0.2, 0) is 12.8 Å². The number of rotatable bonds is 8. The normalized spacial score (nSPS) is 11.7. The monoisotopic (exact) mass is 364 g/mol. The van der Waals surface area contributed by atoms with Crippen molar-refractivity contribution in [3.05, 3.63) is 59.7 Å². The molecule has 124 valence electrons. The van der Waals surface area contributed by atoms with Crippen molar-refractivity contribution in [2.75, 3.05) is 0 Å². The molecular formula is C20H26Cl2Si. The Balaban J connectivity index is 2.13. The molecule has 0 atom stereocenters. The third kappa shape index (κ3) is 5.10. The van der Waals surface area contributed by atoms with Gasteiger partial charge < -0.3 is 0 Å². The molecule has 0 saturated heterocycles. The highest BCUT2D eigenvalue weighted by Gasteiger charge is 2.33. The Morgan fingerprint density at radius 1 is 0.652 bits per heavy atom. The summed E-state index contributed by atoms with van der Waals surface area (Å²) in [4.78, 5) is 0. The SMILES string of the molecule is CCCCc1ccc([Si](Cl)(Cl)c2ccc(CCCC)cc2)cc1. The standard InChI is InChI=1S/C20H26Cl2Si/c1-3-5-7-17-9-13-19(14-10-17)23(21,22)20-15-11-18(12-16-20)8-6-4-2/h9-16H,3-8H2,1-2H3. The van der Waals surface area contributed by atoms with Gasteiger partial charge in [0.2, 0.25) is 0 Å². The number of unbranched alkanes of at least 4 members (excludes halogenated alkanes) is 2. The highest BCUT2D eigenvalue weighted by molar-refractivity contribution is 7.56. The van der Waals surface area contributed by atoms with E-state index in [1.807, 2.05) is 0 Å². The highest BCUT2D eigenvalue weighted by atomic mass is 35.7. The Kier molecular flexibility index (Phi) is 7.20. The minimum atomic E-state index is -2.62. The molecule has 0 spiro atoms. The molecule has 23 heavy (non-hydrogen) atoms. The van der Waals surface area contributed by atoms with Gasteiger partial charge in [0.25, 0.3) is 0 Å². The number of halogens is 2. The Bertz CT molecular complexity index is 535. The smallest absolute Gasteiger partial charge is 0.134 e. The van der Waals surface area contributed by atoms with Gasteiger partial charge in [0.1, 0.15) is 0 Å². The number of hydrogen-bond donors (Lipinski definition) is 0. The average Bonchev–Trinajstić information content (AvgIpc) is 2.59. The van der Waals surface area contributed by atoms with Crippen LogP contribution in [0.15, 0.2) is 48.5 Å². The molecule has 0 saturated carbocycles. The summed E-state index contributed by atoms with van der Waals surface area (Å²) in [5.41, 5.74) is 2.73. The van der Waals surface area contributed by atoms with Crippen LogP contribution >= 0.6 is 22.2 Å². The quantitative estimate of drug-likeness (QED) is 0.434. The van der Waals surface area contributed by atoms with Crippen LogP contribution in [0.1, 0.15) is 50.7 Å². The predicted octanol–water partition coefficient (Wildman–Crippen LogP) is 5.41. The first-order chi connectivity index (χ1) is 11.1. The fraction of sp³-hybridized carbons (Fsp3) is 0.400. The van der Waals surface area contributed by atoms with Crippen molar-refractivity contribution >= 4 is 39.2 Å². The number of hydrogen-bond acceptors (Lipinski definition) is 0. The fourth-order valence-electron chi connectivity index (χ4n) is 2.69. The van der Waals surface area contributed by atoms with Gasteiger partial charge in [-0.05, 0) is 47.2 Å². The second-order valence-electron chi connectivity index (χ2n) is 6.18. The Labute approximate surface area is 151 Å². The number of aryl methyl sites for hydroxylation is 2. The van der Waals surface area contributed by atoms with Crippen LogP contribution in [0.25, 0.3) is 0 Å². The van der Waals surface area contributed by atoms with E-state index in [1.54, 1.807) is 0 Å². The summed E-state index contributed by atoms with van der Waals surface area (Å²) in [6.07, 6.45) is 7.14. The van der Waals surface area contributed by atoms with Crippen molar-refractivity contribution in [1.29, 1.82) is 0 Å². The first-order valence-electron chi connectivity index (χ1n) is 8.64. The van der Waals surface area contributed by atoms with Crippen molar-refractivity contribution in [3.8, 4) is 0 Å². The minimum Gasteiger partial charge on any atom is -0.134 e. The second kappa shape index (κ2) is 8.91. The van der Waals surface area contributed by atoms with Gasteiger partial charge in [-0.3, -0.25) is 0 Å². The maximum atomic E-state index is 6.80. The molecule has 0 aliphatic heterocycles. The molecule has 2 rings (SSSR count). The summed E-state index contributed by atoms with van der Waals surface area (Å²) in [5.74, 6) is 0. The summed E-state index contributed by atoms with van der Waals surface area (Å²) in [7, 11) is 0. The molecule has 0 unspecified atom stereocenters. The van der Waals surface area contributed by atoms with Crippen LogP contribution in [-0.4, -0.2) is 6.69 Å². The summed E-state index contributed by atoms with van der Waals surface area (Å²) >= 11 is 13.6. The summed E-state index contributed by atoms with van der Waals surface area (Å²) < 4.78 is 0. The highest BCUT2D eigenvalue weighted by Crippen LogP contribution is 2.17. The lowest BCUT2D eigenvalue weighted by Gasteiger charge is -2.18. The van der Waals surface area contributed by atoms with Crippen LogP contribution in [0.2, 0.25) is 0 Å². The van der Waals surface area contributed by atoms with Crippen molar-refractivity contribution in [2.45, 2.75) is 52.4 Å². The van der Waals surface area contributed by atoms with Crippen molar-refractivity contribution in [1.82, 2.24) is 0 Å². The van der Waals surface area contributed by atoms with Crippen molar-refractivity contribution in [2.24, 2.45) is 0 Å². The van der Waals surface area contributed by atoms with Crippen LogP contribution in [0.3, 0.4) is 0 Å². The van der Waals surface area contributed by atoms with E-state index >= 15 is 0 Å². The molecule has 2 aromatic rings. The second-order valence-corrected chi connectivity index (χ2v) is 12.5. The van der Waals surface area contributed by atoms with E-state index in [9.17, 15) is 0 Å². The van der Waals surface area contributed by atoms with Gasteiger partial charge in [0.15, 0.2) is 0 Å². The third-order valence-corrected chi connectivity index (χ3v) is 9.01. The molecule has 0 aliphatic carbocycles. The molecule has 2 aromatic carbocycles. The zero-order valence-electron chi connectivity index (χ0n) is 14.1. The van der Waals surface area contributed by atoms with Crippen LogP contribution in [0, 0.1) is 0 Å². The molecule has 0 heterocycles. The van der Waals surface area contributed by atoms with Crippen LogP contribution < -0.4 is 10.4 Å². The van der Waals surface area contributed by atoms with Crippen LogP contribution in [0.5, 0.6) is 0 Å². The maximum Gasteiger partial charge on any atom is 0.310 e. The minimum absolute atomic E-state index is 1.07. The largest absolute Gasteiger partial charge is 0.310 e. The van der Waals surface area contributed by atoms with Gasteiger partial charge in [-0.15, -0.1) is 22.2 Å². The molecule has 0 bridgehead atoms. The van der Waals surface area contributed by atoms with Gasteiger partial charge in [0.05, 0.1) is 0 Å².